The van der Waals surface area contributed by atoms with Gasteiger partial charge in [-0.15, -0.1) is 11.3 Å². The average molecular weight is 473 g/mol. The zero-order chi connectivity index (χ0) is 23.3. The summed E-state index contributed by atoms with van der Waals surface area (Å²) in [6.45, 7) is 6.30. The highest BCUT2D eigenvalue weighted by atomic mass is 32.1. The highest BCUT2D eigenvalue weighted by molar-refractivity contribution is 7.13. The van der Waals surface area contributed by atoms with Gasteiger partial charge in [-0.1, -0.05) is 0 Å². The summed E-state index contributed by atoms with van der Waals surface area (Å²) in [5.41, 5.74) is 0.532. The number of hydrogen-bond acceptors (Lipinski definition) is 9. The maximum absolute atomic E-state index is 12.4. The van der Waals surface area contributed by atoms with Gasteiger partial charge in [0.15, 0.2) is 22.5 Å². The van der Waals surface area contributed by atoms with Gasteiger partial charge in [-0.05, 0) is 39.3 Å². The van der Waals surface area contributed by atoms with E-state index in [9.17, 15) is 14.7 Å². The van der Waals surface area contributed by atoms with Crippen molar-refractivity contribution in [3.05, 3.63) is 23.7 Å². The van der Waals surface area contributed by atoms with Crippen molar-refractivity contribution in [1.82, 2.24) is 14.9 Å². The van der Waals surface area contributed by atoms with E-state index in [0.717, 1.165) is 17.0 Å². The molecule has 2 aromatic heterocycles. The molecule has 3 aliphatic heterocycles. The number of benzene rings is 1. The van der Waals surface area contributed by atoms with E-state index in [-0.39, 0.29) is 18.7 Å². The number of ether oxygens (including phenoxy) is 2. The number of thiazole rings is 1. The number of piperidine rings is 1. The molecule has 11 heteroatoms. The van der Waals surface area contributed by atoms with Crippen LogP contribution in [0.25, 0.3) is 21.7 Å². The molecule has 1 amide bonds. The van der Waals surface area contributed by atoms with Crippen molar-refractivity contribution >= 4 is 40.5 Å². The molecular weight excluding hydrogens is 448 g/mol. The second-order valence-electron chi connectivity index (χ2n) is 8.59. The first kappa shape index (κ1) is 21.5. The van der Waals surface area contributed by atoms with Crippen molar-refractivity contribution in [2.24, 2.45) is 0 Å². The Morgan fingerprint density at radius 1 is 1.30 bits per heavy atom. The summed E-state index contributed by atoms with van der Waals surface area (Å²) in [7, 11) is 0. The molecule has 2 bridgehead atoms. The lowest BCUT2D eigenvalue weighted by atomic mass is 9.88. The van der Waals surface area contributed by atoms with E-state index in [1.165, 1.54) is 16.2 Å². The highest BCUT2D eigenvalue weighted by Gasteiger charge is 2.48. The van der Waals surface area contributed by atoms with Gasteiger partial charge < -0.3 is 23.9 Å². The smallest absolute Gasteiger partial charge is 0.407 e. The number of anilines is 1. The molecular formula is C22H24N4O6S. The second kappa shape index (κ2) is 7.91. The van der Waals surface area contributed by atoms with Crippen molar-refractivity contribution in [1.29, 1.82) is 0 Å². The first-order valence-electron chi connectivity index (χ1n) is 10.7. The second-order valence-corrected chi connectivity index (χ2v) is 9.49. The molecule has 6 rings (SSSR count). The number of aromatic nitrogens is 2. The molecule has 3 aliphatic rings. The van der Waals surface area contributed by atoms with Crippen LogP contribution in [0.15, 0.2) is 28.1 Å². The lowest BCUT2D eigenvalue weighted by Gasteiger charge is -2.54. The van der Waals surface area contributed by atoms with Gasteiger partial charge in [0.25, 0.3) is 6.01 Å². The Balaban J connectivity index is 1.52. The van der Waals surface area contributed by atoms with Crippen LogP contribution in [-0.4, -0.2) is 69.4 Å². The molecule has 3 aromatic rings. The van der Waals surface area contributed by atoms with Crippen molar-refractivity contribution in [3.63, 3.8) is 0 Å². The number of esters is 1. The number of fused-ring (bicyclic) bond motifs is 3. The molecule has 5 heterocycles. The monoisotopic (exact) mass is 472 g/mol. The number of hydrogen-bond donors (Lipinski definition) is 1. The van der Waals surface area contributed by atoms with Crippen LogP contribution in [0.4, 0.5) is 10.8 Å². The number of rotatable bonds is 6. The molecule has 3 fully saturated rings. The Kier molecular flexibility index (Phi) is 5.15. The molecule has 1 aromatic carbocycles. The van der Waals surface area contributed by atoms with Gasteiger partial charge in [-0.3, -0.25) is 4.90 Å². The van der Waals surface area contributed by atoms with Crippen molar-refractivity contribution in [2.45, 2.75) is 44.9 Å². The minimum Gasteiger partial charge on any atom is -0.474 e. The van der Waals surface area contributed by atoms with Gasteiger partial charge in [0, 0.05) is 24.7 Å². The zero-order valence-electron chi connectivity index (χ0n) is 18.5. The Morgan fingerprint density at radius 2 is 2.06 bits per heavy atom. The lowest BCUT2D eigenvalue weighted by molar-refractivity contribution is -0.158. The molecule has 10 nitrogen and oxygen atoms in total. The van der Waals surface area contributed by atoms with E-state index in [2.05, 4.69) is 4.98 Å². The summed E-state index contributed by atoms with van der Waals surface area (Å²) in [5.74, 6) is -0.0801. The Labute approximate surface area is 193 Å². The number of oxazole rings is 1. The third kappa shape index (κ3) is 3.65. The fraction of sp³-hybridized carbons (Fsp3) is 0.455. The van der Waals surface area contributed by atoms with Crippen molar-refractivity contribution in [2.75, 3.05) is 24.6 Å². The predicted molar refractivity (Wildman–Crippen MR) is 121 cm³/mol. The van der Waals surface area contributed by atoms with Crippen LogP contribution in [0, 0.1) is 0 Å². The summed E-state index contributed by atoms with van der Waals surface area (Å²) in [5, 5.41) is 12.0. The van der Waals surface area contributed by atoms with E-state index >= 15 is 0 Å². The summed E-state index contributed by atoms with van der Waals surface area (Å²) in [4.78, 5) is 36.4. The molecule has 0 saturated carbocycles. The normalized spacial score (nSPS) is 20.0. The van der Waals surface area contributed by atoms with E-state index in [0.29, 0.717) is 36.0 Å². The molecule has 0 aliphatic carbocycles. The molecule has 1 N–H and O–H groups in total. The van der Waals surface area contributed by atoms with Crippen LogP contribution in [0.1, 0.15) is 27.2 Å². The molecule has 0 spiro atoms. The topological polar surface area (TPSA) is 118 Å². The van der Waals surface area contributed by atoms with Gasteiger partial charge in [0.1, 0.15) is 5.01 Å². The highest BCUT2D eigenvalue weighted by Crippen LogP contribution is 2.41. The van der Waals surface area contributed by atoms with Gasteiger partial charge in [-0.25, -0.2) is 14.6 Å². The average Bonchev–Trinajstić information content (AvgIpc) is 3.44. The van der Waals surface area contributed by atoms with Crippen LogP contribution in [0.2, 0.25) is 0 Å². The minimum absolute atomic E-state index is 0.0758. The van der Waals surface area contributed by atoms with Crippen molar-refractivity contribution < 1.29 is 28.6 Å². The number of amides is 1. The summed E-state index contributed by atoms with van der Waals surface area (Å²) in [6.07, 6.45) is 1.67. The summed E-state index contributed by atoms with van der Waals surface area (Å²) in [6, 6.07) is 3.84. The first-order valence-corrected chi connectivity index (χ1v) is 11.6. The maximum atomic E-state index is 12.4. The van der Waals surface area contributed by atoms with Crippen LogP contribution in [0.3, 0.4) is 0 Å². The number of carbonyl (C=O) groups is 2. The molecule has 3 saturated heterocycles. The number of piperazine rings is 1. The number of nitrogens with zero attached hydrogens (tertiary/aromatic N) is 4. The predicted octanol–water partition coefficient (Wildman–Crippen LogP) is 3.61. The third-order valence-corrected chi connectivity index (χ3v) is 6.78. The Bertz CT molecular complexity index is 1200. The molecule has 174 valence electrons. The first-order chi connectivity index (χ1) is 15.8. The molecule has 2 atom stereocenters. The number of carboxylic acid groups (broad SMARTS) is 1. The van der Waals surface area contributed by atoms with Gasteiger partial charge in [0.2, 0.25) is 0 Å². The van der Waals surface area contributed by atoms with Gasteiger partial charge in [0.05, 0.1) is 24.3 Å². The Morgan fingerprint density at radius 3 is 2.70 bits per heavy atom. The van der Waals surface area contributed by atoms with E-state index in [4.69, 9.17) is 18.9 Å². The zero-order valence-corrected chi connectivity index (χ0v) is 19.3. The fourth-order valence-electron chi connectivity index (χ4n) is 4.41. The lowest BCUT2D eigenvalue weighted by Crippen LogP contribution is -2.70. The van der Waals surface area contributed by atoms with Crippen molar-refractivity contribution in [3.8, 4) is 16.3 Å². The fourth-order valence-corrected chi connectivity index (χ4v) is 5.07. The summed E-state index contributed by atoms with van der Waals surface area (Å²) < 4.78 is 17.4. The standard InChI is InChI=1S/C22H24N4O6S/c1-4-30-19(27)22(2,3)32-15-6-5-14(18-23-7-8-33-18)17-16(15)24-20(31-17)25-10-12-9-13(11-25)26(12)21(28)29/h5-8,12-13H,4,9-11H2,1-3H3,(H,28,29). The van der Waals surface area contributed by atoms with E-state index < -0.39 is 17.7 Å². The van der Waals surface area contributed by atoms with Crippen LogP contribution >= 0.6 is 11.3 Å². The van der Waals surface area contributed by atoms with E-state index in [1.807, 2.05) is 16.3 Å². The SMILES string of the molecule is CCOC(=O)C(C)(C)Oc1ccc(-c2nccs2)c2oc(N3CC4CC(C3)N4C(=O)O)nc12. The van der Waals surface area contributed by atoms with Crippen LogP contribution in [0.5, 0.6) is 5.75 Å². The van der Waals surface area contributed by atoms with Gasteiger partial charge in [-0.2, -0.15) is 4.98 Å². The van der Waals surface area contributed by atoms with E-state index in [1.54, 1.807) is 33.0 Å². The third-order valence-electron chi connectivity index (χ3n) is 5.97. The van der Waals surface area contributed by atoms with Crippen LogP contribution in [-0.2, 0) is 9.53 Å². The quantitative estimate of drug-likeness (QED) is 0.537. The minimum atomic E-state index is -1.22. The Hall–Kier alpha value is -3.34. The molecule has 0 radical (unpaired) electrons. The molecule has 33 heavy (non-hydrogen) atoms. The number of carbonyl (C=O) groups excluding carboxylic acids is 1. The molecule has 2 unspecified atom stereocenters. The van der Waals surface area contributed by atoms with Gasteiger partial charge >= 0.3 is 12.1 Å². The summed E-state index contributed by atoms with van der Waals surface area (Å²) >= 11 is 1.48. The maximum Gasteiger partial charge on any atom is 0.407 e. The van der Waals surface area contributed by atoms with Crippen LogP contribution < -0.4 is 9.64 Å². The largest absolute Gasteiger partial charge is 0.474 e.